The van der Waals surface area contributed by atoms with Crippen LogP contribution in [0.2, 0.25) is 0 Å². The minimum absolute atomic E-state index is 0.239. The number of nitrogens with two attached hydrogens (primary N) is 1. The zero-order valence-electron chi connectivity index (χ0n) is 10.4. The fourth-order valence-corrected chi connectivity index (χ4v) is 1.81. The van der Waals surface area contributed by atoms with E-state index in [0.29, 0.717) is 17.3 Å². The number of hydrogen-bond donors (Lipinski definition) is 1. The van der Waals surface area contributed by atoms with Crippen LogP contribution < -0.4 is 5.73 Å². The average molecular weight is 278 g/mol. The van der Waals surface area contributed by atoms with Crippen LogP contribution in [0.1, 0.15) is 16.7 Å². The maximum Gasteiger partial charge on any atom is 0.419 e. The van der Waals surface area contributed by atoms with E-state index in [1.54, 1.807) is 6.92 Å². The summed E-state index contributed by atoms with van der Waals surface area (Å²) in [6.07, 6.45) is -3.92. The van der Waals surface area contributed by atoms with Crippen molar-refractivity contribution in [2.75, 3.05) is 5.73 Å². The molecular weight excluding hydrogens is 269 g/mol. The highest BCUT2D eigenvalue weighted by molar-refractivity contribution is 5.69. The number of aryl methyl sites for hydroxylation is 1. The second-order valence-corrected chi connectivity index (χ2v) is 4.13. The zero-order chi connectivity index (χ0) is 14.9. The molecule has 1 aromatic carbocycles. The monoisotopic (exact) mass is 278 g/mol. The molecule has 0 aliphatic rings. The van der Waals surface area contributed by atoms with Crippen LogP contribution in [0.15, 0.2) is 24.4 Å². The van der Waals surface area contributed by atoms with Gasteiger partial charge in [-0.05, 0) is 24.6 Å². The minimum Gasteiger partial charge on any atom is -0.368 e. The van der Waals surface area contributed by atoms with Crippen LogP contribution in [0.3, 0.4) is 0 Å². The summed E-state index contributed by atoms with van der Waals surface area (Å²) in [5.74, 6) is -0.239. The zero-order valence-corrected chi connectivity index (χ0v) is 10.4. The van der Waals surface area contributed by atoms with Gasteiger partial charge in [0.05, 0.1) is 17.3 Å². The topological polar surface area (TPSA) is 75.6 Å². The first-order valence-corrected chi connectivity index (χ1v) is 5.53. The third-order valence-electron chi connectivity index (χ3n) is 2.72. The number of halogens is 3. The summed E-state index contributed by atoms with van der Waals surface area (Å²) in [6, 6.07) is 6.27. The molecule has 0 aliphatic heterocycles. The van der Waals surface area contributed by atoms with Gasteiger partial charge >= 0.3 is 6.18 Å². The van der Waals surface area contributed by atoms with Gasteiger partial charge in [0.15, 0.2) is 0 Å². The molecule has 0 amide bonds. The predicted molar refractivity (Wildman–Crippen MR) is 66.3 cm³/mol. The van der Waals surface area contributed by atoms with Crippen LogP contribution in [0.25, 0.3) is 11.3 Å². The highest BCUT2D eigenvalue weighted by atomic mass is 19.4. The van der Waals surface area contributed by atoms with Crippen molar-refractivity contribution in [3.63, 3.8) is 0 Å². The molecule has 7 heteroatoms. The van der Waals surface area contributed by atoms with Crippen molar-refractivity contribution in [1.82, 2.24) is 9.97 Å². The molecule has 0 saturated carbocycles. The summed E-state index contributed by atoms with van der Waals surface area (Å²) in [5.41, 5.74) is 5.27. The molecule has 0 saturated heterocycles. The lowest BCUT2D eigenvalue weighted by atomic mass is 10.00. The van der Waals surface area contributed by atoms with Crippen LogP contribution >= 0.6 is 0 Å². The van der Waals surface area contributed by atoms with Crippen LogP contribution in [0, 0.1) is 18.3 Å². The van der Waals surface area contributed by atoms with Crippen molar-refractivity contribution in [3.8, 4) is 17.3 Å². The third kappa shape index (κ3) is 2.54. The first-order chi connectivity index (χ1) is 9.32. The van der Waals surface area contributed by atoms with Crippen molar-refractivity contribution in [2.24, 2.45) is 0 Å². The van der Waals surface area contributed by atoms with Gasteiger partial charge in [-0.25, -0.2) is 9.97 Å². The van der Waals surface area contributed by atoms with E-state index in [-0.39, 0.29) is 17.2 Å². The number of anilines is 1. The Labute approximate surface area is 112 Å². The molecule has 0 radical (unpaired) electrons. The molecule has 2 rings (SSSR count). The SMILES string of the molecule is Cc1cc(C#N)ccc1-c1nc(N)ncc1C(F)(F)F. The summed E-state index contributed by atoms with van der Waals surface area (Å²) < 4.78 is 38.9. The van der Waals surface area contributed by atoms with Gasteiger partial charge in [-0.15, -0.1) is 0 Å². The Kier molecular flexibility index (Phi) is 3.32. The summed E-state index contributed by atoms with van der Waals surface area (Å²) in [4.78, 5) is 7.08. The van der Waals surface area contributed by atoms with E-state index in [1.165, 1.54) is 18.2 Å². The van der Waals surface area contributed by atoms with Crippen LogP contribution in [0.4, 0.5) is 19.1 Å². The first-order valence-electron chi connectivity index (χ1n) is 5.53. The number of nitrogen functional groups attached to an aromatic ring is 1. The number of hydrogen-bond acceptors (Lipinski definition) is 4. The van der Waals surface area contributed by atoms with Crippen molar-refractivity contribution in [2.45, 2.75) is 13.1 Å². The average Bonchev–Trinajstić information content (AvgIpc) is 2.36. The molecule has 2 N–H and O–H groups in total. The van der Waals surface area contributed by atoms with E-state index in [0.717, 1.165) is 0 Å². The third-order valence-corrected chi connectivity index (χ3v) is 2.72. The number of aromatic nitrogens is 2. The Bertz CT molecular complexity index is 702. The Morgan fingerprint density at radius 3 is 2.55 bits per heavy atom. The van der Waals surface area contributed by atoms with Crippen molar-refractivity contribution < 1.29 is 13.2 Å². The predicted octanol–water partition coefficient (Wildman–Crippen LogP) is 2.92. The molecule has 4 nitrogen and oxygen atoms in total. The number of nitriles is 1. The van der Waals surface area contributed by atoms with Gasteiger partial charge in [0, 0.05) is 11.8 Å². The number of nitrogens with zero attached hydrogens (tertiary/aromatic N) is 3. The van der Waals surface area contributed by atoms with Gasteiger partial charge in [-0.2, -0.15) is 18.4 Å². The lowest BCUT2D eigenvalue weighted by Gasteiger charge is -2.13. The van der Waals surface area contributed by atoms with E-state index >= 15 is 0 Å². The Morgan fingerprint density at radius 2 is 2.00 bits per heavy atom. The molecule has 0 spiro atoms. The first kappa shape index (κ1) is 13.8. The normalized spacial score (nSPS) is 11.2. The van der Waals surface area contributed by atoms with Gasteiger partial charge in [-0.3, -0.25) is 0 Å². The van der Waals surface area contributed by atoms with Gasteiger partial charge < -0.3 is 5.73 Å². The molecule has 2 aromatic rings. The fraction of sp³-hybridized carbons (Fsp3) is 0.154. The second-order valence-electron chi connectivity index (χ2n) is 4.13. The second kappa shape index (κ2) is 4.81. The Hall–Kier alpha value is -2.62. The van der Waals surface area contributed by atoms with E-state index < -0.39 is 11.7 Å². The molecule has 0 aliphatic carbocycles. The Balaban J connectivity index is 2.69. The van der Waals surface area contributed by atoms with Crippen molar-refractivity contribution in [3.05, 3.63) is 41.1 Å². The molecule has 0 atom stereocenters. The van der Waals surface area contributed by atoms with Gasteiger partial charge in [0.2, 0.25) is 5.95 Å². The minimum atomic E-state index is -4.58. The molecular formula is C13H9F3N4. The van der Waals surface area contributed by atoms with E-state index in [1.807, 2.05) is 6.07 Å². The standard InChI is InChI=1S/C13H9F3N4/c1-7-4-8(5-17)2-3-9(7)11-10(13(14,15)16)6-19-12(18)20-11/h2-4,6H,1H3,(H2,18,19,20). The maximum absolute atomic E-state index is 13.0. The van der Waals surface area contributed by atoms with Crippen LogP contribution in [0.5, 0.6) is 0 Å². The summed E-state index contributed by atoms with van der Waals surface area (Å²) >= 11 is 0. The molecule has 0 fully saturated rings. The molecule has 20 heavy (non-hydrogen) atoms. The molecule has 1 aromatic heterocycles. The van der Waals surface area contributed by atoms with Gasteiger partial charge in [-0.1, -0.05) is 6.07 Å². The number of rotatable bonds is 1. The van der Waals surface area contributed by atoms with E-state index in [9.17, 15) is 13.2 Å². The smallest absolute Gasteiger partial charge is 0.368 e. The largest absolute Gasteiger partial charge is 0.419 e. The van der Waals surface area contributed by atoms with Gasteiger partial charge in [0.25, 0.3) is 0 Å². The summed E-state index contributed by atoms with van der Waals surface area (Å²) in [6.45, 7) is 1.61. The molecule has 1 heterocycles. The lowest BCUT2D eigenvalue weighted by molar-refractivity contribution is -0.137. The Morgan fingerprint density at radius 1 is 1.30 bits per heavy atom. The summed E-state index contributed by atoms with van der Waals surface area (Å²) in [7, 11) is 0. The lowest BCUT2D eigenvalue weighted by Crippen LogP contribution is -2.11. The molecule has 0 unspecified atom stereocenters. The van der Waals surface area contributed by atoms with Gasteiger partial charge in [0.1, 0.15) is 5.56 Å². The van der Waals surface area contributed by atoms with Crippen LogP contribution in [-0.2, 0) is 6.18 Å². The number of benzene rings is 1. The summed E-state index contributed by atoms with van der Waals surface area (Å²) in [5, 5.41) is 8.78. The molecule has 102 valence electrons. The fourth-order valence-electron chi connectivity index (χ4n) is 1.81. The van der Waals surface area contributed by atoms with Crippen molar-refractivity contribution in [1.29, 1.82) is 5.26 Å². The molecule has 0 bridgehead atoms. The quantitative estimate of drug-likeness (QED) is 0.870. The van der Waals surface area contributed by atoms with Crippen LogP contribution in [-0.4, -0.2) is 9.97 Å². The van der Waals surface area contributed by atoms with Crippen molar-refractivity contribution >= 4 is 5.95 Å². The highest BCUT2D eigenvalue weighted by Gasteiger charge is 2.35. The number of alkyl halides is 3. The van der Waals surface area contributed by atoms with E-state index in [4.69, 9.17) is 11.0 Å². The maximum atomic E-state index is 13.0. The van der Waals surface area contributed by atoms with E-state index in [2.05, 4.69) is 9.97 Å². The highest BCUT2D eigenvalue weighted by Crippen LogP contribution is 2.36.